The maximum absolute atomic E-state index is 4.45. The third kappa shape index (κ3) is 4.20. The first-order valence-electron chi connectivity index (χ1n) is 7.90. The number of likely N-dealkylation sites (tertiary alicyclic amines) is 1. The number of anilines is 1. The maximum atomic E-state index is 4.45. The number of pyridine rings is 1. The molecule has 1 aromatic rings. The standard InChI is InChI=1S/C17H29N3/c1-5-18-16-7-6-14(12-19-16)13-20-10-8-15(9-11-20)17(2,3)4/h6-7,12,15H,5,8-11,13H2,1-4H3,(H,18,19). The van der Waals surface area contributed by atoms with Gasteiger partial charge in [0.2, 0.25) is 0 Å². The topological polar surface area (TPSA) is 28.2 Å². The van der Waals surface area contributed by atoms with Crippen molar-refractivity contribution in [2.75, 3.05) is 25.0 Å². The molecule has 1 aliphatic rings. The van der Waals surface area contributed by atoms with Gasteiger partial charge in [0.05, 0.1) is 0 Å². The van der Waals surface area contributed by atoms with Gasteiger partial charge in [0, 0.05) is 19.3 Å². The highest BCUT2D eigenvalue weighted by Gasteiger charge is 2.28. The van der Waals surface area contributed by atoms with Gasteiger partial charge in [0.1, 0.15) is 5.82 Å². The van der Waals surface area contributed by atoms with Gasteiger partial charge in [0.25, 0.3) is 0 Å². The smallest absolute Gasteiger partial charge is 0.125 e. The Morgan fingerprint density at radius 2 is 1.95 bits per heavy atom. The van der Waals surface area contributed by atoms with E-state index in [4.69, 9.17) is 0 Å². The Balaban J connectivity index is 1.83. The quantitative estimate of drug-likeness (QED) is 0.906. The average Bonchev–Trinajstić information content (AvgIpc) is 2.41. The van der Waals surface area contributed by atoms with E-state index in [0.29, 0.717) is 5.41 Å². The van der Waals surface area contributed by atoms with Crippen LogP contribution in [0.1, 0.15) is 46.1 Å². The second kappa shape index (κ2) is 6.57. The van der Waals surface area contributed by atoms with Gasteiger partial charge in [-0.2, -0.15) is 0 Å². The molecule has 20 heavy (non-hydrogen) atoms. The van der Waals surface area contributed by atoms with Crippen molar-refractivity contribution in [2.45, 2.75) is 47.1 Å². The molecule has 112 valence electrons. The zero-order valence-corrected chi connectivity index (χ0v) is 13.4. The van der Waals surface area contributed by atoms with Gasteiger partial charge in [-0.15, -0.1) is 0 Å². The Morgan fingerprint density at radius 1 is 1.25 bits per heavy atom. The van der Waals surface area contributed by atoms with E-state index in [2.05, 4.69) is 55.0 Å². The van der Waals surface area contributed by atoms with Gasteiger partial charge >= 0.3 is 0 Å². The molecule has 0 aliphatic carbocycles. The highest BCUT2D eigenvalue weighted by Crippen LogP contribution is 2.34. The highest BCUT2D eigenvalue weighted by molar-refractivity contribution is 5.35. The van der Waals surface area contributed by atoms with Crippen LogP contribution >= 0.6 is 0 Å². The number of rotatable bonds is 4. The SMILES string of the molecule is CCNc1ccc(CN2CCC(C(C)(C)C)CC2)cn1. The molecule has 1 fully saturated rings. The summed E-state index contributed by atoms with van der Waals surface area (Å²) in [6.45, 7) is 13.6. The van der Waals surface area contributed by atoms with Crippen LogP contribution in [0.2, 0.25) is 0 Å². The second-order valence-corrected chi connectivity index (χ2v) is 7.00. The molecule has 0 saturated carbocycles. The largest absolute Gasteiger partial charge is 0.370 e. The molecule has 0 aromatic carbocycles. The summed E-state index contributed by atoms with van der Waals surface area (Å²) < 4.78 is 0. The van der Waals surface area contributed by atoms with E-state index in [1.54, 1.807) is 0 Å². The average molecular weight is 275 g/mol. The lowest BCUT2D eigenvalue weighted by molar-refractivity contribution is 0.108. The monoisotopic (exact) mass is 275 g/mol. The lowest BCUT2D eigenvalue weighted by atomic mass is 9.75. The molecule has 0 unspecified atom stereocenters. The minimum atomic E-state index is 0.459. The fourth-order valence-electron chi connectivity index (χ4n) is 3.02. The van der Waals surface area contributed by atoms with Crippen LogP contribution in [0.15, 0.2) is 18.3 Å². The van der Waals surface area contributed by atoms with Crippen LogP contribution in [0.5, 0.6) is 0 Å². The predicted octanol–water partition coefficient (Wildman–Crippen LogP) is 3.77. The molecule has 1 aromatic heterocycles. The Morgan fingerprint density at radius 3 is 2.45 bits per heavy atom. The van der Waals surface area contributed by atoms with Crippen molar-refractivity contribution in [3.63, 3.8) is 0 Å². The van der Waals surface area contributed by atoms with E-state index in [9.17, 15) is 0 Å². The van der Waals surface area contributed by atoms with Crippen LogP contribution in [-0.2, 0) is 6.54 Å². The summed E-state index contributed by atoms with van der Waals surface area (Å²) in [7, 11) is 0. The molecular weight excluding hydrogens is 246 g/mol. The third-order valence-corrected chi connectivity index (χ3v) is 4.40. The fourth-order valence-corrected chi connectivity index (χ4v) is 3.02. The number of aromatic nitrogens is 1. The molecule has 3 nitrogen and oxygen atoms in total. The Bertz CT molecular complexity index is 397. The first-order chi connectivity index (χ1) is 9.49. The predicted molar refractivity (Wildman–Crippen MR) is 85.9 cm³/mol. The van der Waals surface area contributed by atoms with E-state index in [1.165, 1.54) is 31.5 Å². The van der Waals surface area contributed by atoms with Crippen LogP contribution in [0.3, 0.4) is 0 Å². The molecular formula is C17H29N3. The van der Waals surface area contributed by atoms with Crippen molar-refractivity contribution < 1.29 is 0 Å². The van der Waals surface area contributed by atoms with Gasteiger partial charge in [-0.1, -0.05) is 26.8 Å². The van der Waals surface area contributed by atoms with Crippen LogP contribution in [0, 0.1) is 11.3 Å². The van der Waals surface area contributed by atoms with Crippen molar-refractivity contribution in [1.29, 1.82) is 0 Å². The molecule has 0 amide bonds. The van der Waals surface area contributed by atoms with Crippen LogP contribution < -0.4 is 5.32 Å². The van der Waals surface area contributed by atoms with Crippen molar-refractivity contribution in [2.24, 2.45) is 11.3 Å². The summed E-state index contributed by atoms with van der Waals surface area (Å²) >= 11 is 0. The normalized spacial score (nSPS) is 18.2. The Kier molecular flexibility index (Phi) is 5.03. The van der Waals surface area contributed by atoms with Crippen molar-refractivity contribution in [3.05, 3.63) is 23.9 Å². The number of hydrogen-bond donors (Lipinski definition) is 1. The van der Waals surface area contributed by atoms with E-state index in [0.717, 1.165) is 24.8 Å². The minimum Gasteiger partial charge on any atom is -0.370 e. The van der Waals surface area contributed by atoms with Gasteiger partial charge in [-0.25, -0.2) is 4.98 Å². The third-order valence-electron chi connectivity index (χ3n) is 4.40. The van der Waals surface area contributed by atoms with Crippen molar-refractivity contribution in [1.82, 2.24) is 9.88 Å². The van der Waals surface area contributed by atoms with Crippen LogP contribution in [0.4, 0.5) is 5.82 Å². The van der Waals surface area contributed by atoms with Crippen molar-refractivity contribution >= 4 is 5.82 Å². The summed E-state index contributed by atoms with van der Waals surface area (Å²) in [5.74, 6) is 1.84. The number of hydrogen-bond acceptors (Lipinski definition) is 3. The summed E-state index contributed by atoms with van der Waals surface area (Å²) in [6.07, 6.45) is 4.66. The van der Waals surface area contributed by atoms with Gasteiger partial charge in [-0.3, -0.25) is 4.90 Å². The van der Waals surface area contributed by atoms with E-state index in [-0.39, 0.29) is 0 Å². The molecule has 3 heteroatoms. The summed E-state index contributed by atoms with van der Waals surface area (Å²) in [6, 6.07) is 4.28. The second-order valence-electron chi connectivity index (χ2n) is 7.00. The lowest BCUT2D eigenvalue weighted by Gasteiger charge is -2.38. The maximum Gasteiger partial charge on any atom is 0.125 e. The minimum absolute atomic E-state index is 0.459. The zero-order valence-electron chi connectivity index (χ0n) is 13.4. The molecule has 1 saturated heterocycles. The van der Waals surface area contributed by atoms with Crippen molar-refractivity contribution in [3.8, 4) is 0 Å². The first kappa shape index (κ1) is 15.3. The van der Waals surface area contributed by atoms with Gasteiger partial charge in [-0.05, 0) is 55.8 Å². The molecule has 0 radical (unpaired) electrons. The Labute approximate surface area is 123 Å². The van der Waals surface area contributed by atoms with Crippen LogP contribution in [0.25, 0.3) is 0 Å². The zero-order chi connectivity index (χ0) is 14.6. The summed E-state index contributed by atoms with van der Waals surface area (Å²) in [5, 5.41) is 3.24. The Hall–Kier alpha value is -1.09. The molecule has 0 atom stereocenters. The first-order valence-corrected chi connectivity index (χ1v) is 7.90. The highest BCUT2D eigenvalue weighted by atomic mass is 15.1. The molecule has 1 aliphatic heterocycles. The number of nitrogens with one attached hydrogen (secondary N) is 1. The lowest BCUT2D eigenvalue weighted by Crippen LogP contribution is -2.37. The van der Waals surface area contributed by atoms with E-state index >= 15 is 0 Å². The molecule has 1 N–H and O–H groups in total. The summed E-state index contributed by atoms with van der Waals surface area (Å²) in [4.78, 5) is 7.01. The van der Waals surface area contributed by atoms with Gasteiger partial charge < -0.3 is 5.32 Å². The van der Waals surface area contributed by atoms with Gasteiger partial charge in [0.15, 0.2) is 0 Å². The van der Waals surface area contributed by atoms with E-state index < -0.39 is 0 Å². The fraction of sp³-hybridized carbons (Fsp3) is 0.706. The number of nitrogens with zero attached hydrogens (tertiary/aromatic N) is 2. The molecule has 2 heterocycles. The molecule has 0 spiro atoms. The molecule has 0 bridgehead atoms. The van der Waals surface area contributed by atoms with Crippen LogP contribution in [-0.4, -0.2) is 29.5 Å². The number of piperidine rings is 1. The molecule has 2 rings (SSSR count). The van der Waals surface area contributed by atoms with E-state index in [1.807, 2.05) is 6.20 Å². The summed E-state index contributed by atoms with van der Waals surface area (Å²) in [5.41, 5.74) is 1.78.